The van der Waals surface area contributed by atoms with Crippen molar-refractivity contribution in [2.24, 2.45) is 0 Å². The molecule has 86 valence electrons. The fourth-order valence-corrected chi connectivity index (χ4v) is 2.49. The van der Waals surface area contributed by atoms with Crippen LogP contribution >= 0.6 is 0 Å². The normalized spacial score (nSPS) is 28.7. The quantitative estimate of drug-likeness (QED) is 0.700. The van der Waals surface area contributed by atoms with E-state index in [1.165, 1.54) is 0 Å². The van der Waals surface area contributed by atoms with Gasteiger partial charge >= 0.3 is 0 Å². The van der Waals surface area contributed by atoms with Gasteiger partial charge in [-0.2, -0.15) is 0 Å². The summed E-state index contributed by atoms with van der Waals surface area (Å²) < 4.78 is 10.9. The highest BCUT2D eigenvalue weighted by molar-refractivity contribution is 5.88. The van der Waals surface area contributed by atoms with E-state index in [0.717, 1.165) is 45.1 Å². The largest absolute Gasteiger partial charge is 0.378 e. The maximum absolute atomic E-state index is 12.0. The smallest absolute Gasteiger partial charge is 0.164 e. The molecule has 0 amide bonds. The molecule has 1 aliphatic carbocycles. The summed E-state index contributed by atoms with van der Waals surface area (Å²) >= 11 is 0. The zero-order chi connectivity index (χ0) is 10.7. The first-order chi connectivity index (χ1) is 7.27. The molecule has 3 nitrogen and oxygen atoms in total. The minimum absolute atomic E-state index is 0.284. The van der Waals surface area contributed by atoms with Crippen molar-refractivity contribution in [1.82, 2.24) is 0 Å². The van der Waals surface area contributed by atoms with Crippen molar-refractivity contribution in [3.8, 4) is 0 Å². The molecule has 15 heavy (non-hydrogen) atoms. The molecule has 2 aliphatic rings. The second kappa shape index (κ2) is 4.62. The molecular weight excluding hydrogens is 192 g/mol. The summed E-state index contributed by atoms with van der Waals surface area (Å²) in [5.74, 6) is 0.284. The lowest BCUT2D eigenvalue weighted by Gasteiger charge is -2.39. The van der Waals surface area contributed by atoms with Crippen molar-refractivity contribution in [3.05, 3.63) is 0 Å². The third-order valence-electron chi connectivity index (χ3n) is 3.78. The molecular formula is C12H20O3. The molecule has 1 saturated heterocycles. The molecule has 1 heterocycles. The van der Waals surface area contributed by atoms with Crippen LogP contribution in [0.3, 0.4) is 0 Å². The summed E-state index contributed by atoms with van der Waals surface area (Å²) in [5, 5.41) is 0. The van der Waals surface area contributed by atoms with Crippen LogP contribution in [0.5, 0.6) is 0 Å². The van der Waals surface area contributed by atoms with Gasteiger partial charge < -0.3 is 9.47 Å². The van der Waals surface area contributed by atoms with E-state index in [2.05, 4.69) is 0 Å². The van der Waals surface area contributed by atoms with Crippen LogP contribution in [0, 0.1) is 0 Å². The summed E-state index contributed by atoms with van der Waals surface area (Å²) in [5.41, 5.74) is -0.418. The SMILES string of the molecule is COC1(C(=O)CCC2CCCO2)CCC1. The van der Waals surface area contributed by atoms with Gasteiger partial charge in [0, 0.05) is 20.1 Å². The van der Waals surface area contributed by atoms with E-state index in [-0.39, 0.29) is 5.78 Å². The van der Waals surface area contributed by atoms with Crippen LogP contribution in [0.15, 0.2) is 0 Å². The lowest BCUT2D eigenvalue weighted by molar-refractivity contribution is -0.152. The highest BCUT2D eigenvalue weighted by Gasteiger charge is 2.43. The van der Waals surface area contributed by atoms with E-state index >= 15 is 0 Å². The third kappa shape index (κ3) is 2.23. The van der Waals surface area contributed by atoms with Gasteiger partial charge in [-0.1, -0.05) is 0 Å². The molecule has 1 saturated carbocycles. The van der Waals surface area contributed by atoms with Gasteiger partial charge in [-0.15, -0.1) is 0 Å². The van der Waals surface area contributed by atoms with E-state index in [4.69, 9.17) is 9.47 Å². The molecule has 0 bridgehead atoms. The number of carbonyl (C=O) groups excluding carboxylic acids is 1. The molecule has 0 N–H and O–H groups in total. The Labute approximate surface area is 91.1 Å². The zero-order valence-corrected chi connectivity index (χ0v) is 9.46. The van der Waals surface area contributed by atoms with Crippen molar-refractivity contribution in [1.29, 1.82) is 0 Å². The van der Waals surface area contributed by atoms with Crippen molar-refractivity contribution < 1.29 is 14.3 Å². The lowest BCUT2D eigenvalue weighted by atomic mass is 9.75. The average molecular weight is 212 g/mol. The molecule has 0 aromatic carbocycles. The van der Waals surface area contributed by atoms with Gasteiger partial charge in [-0.25, -0.2) is 0 Å². The third-order valence-corrected chi connectivity index (χ3v) is 3.78. The summed E-state index contributed by atoms with van der Waals surface area (Å²) in [7, 11) is 1.66. The summed E-state index contributed by atoms with van der Waals surface area (Å²) in [4.78, 5) is 12.0. The van der Waals surface area contributed by atoms with Gasteiger partial charge in [-0.05, 0) is 38.5 Å². The van der Waals surface area contributed by atoms with Gasteiger partial charge in [0.15, 0.2) is 5.78 Å². The summed E-state index contributed by atoms with van der Waals surface area (Å²) in [6.07, 6.45) is 7.04. The number of Topliss-reactive ketones (excluding diaryl/α,β-unsaturated/α-hetero) is 1. The van der Waals surface area contributed by atoms with Crippen LogP contribution in [0.1, 0.15) is 44.9 Å². The highest BCUT2D eigenvalue weighted by Crippen LogP contribution is 2.37. The molecule has 0 spiro atoms. The molecule has 1 unspecified atom stereocenters. The molecule has 0 radical (unpaired) electrons. The van der Waals surface area contributed by atoms with Crippen molar-refractivity contribution >= 4 is 5.78 Å². The number of rotatable bonds is 5. The van der Waals surface area contributed by atoms with Gasteiger partial charge in [0.1, 0.15) is 5.60 Å². The first kappa shape index (κ1) is 11.1. The lowest BCUT2D eigenvalue weighted by Crippen LogP contribution is -2.47. The topological polar surface area (TPSA) is 35.5 Å². The number of carbonyl (C=O) groups is 1. The Morgan fingerprint density at radius 1 is 1.47 bits per heavy atom. The standard InChI is InChI=1S/C12H20O3/c1-14-12(7-3-8-12)11(13)6-5-10-4-2-9-15-10/h10H,2-9H2,1H3. The van der Waals surface area contributed by atoms with Gasteiger partial charge in [0.2, 0.25) is 0 Å². The Morgan fingerprint density at radius 3 is 2.73 bits per heavy atom. The fourth-order valence-electron chi connectivity index (χ4n) is 2.49. The first-order valence-electron chi connectivity index (χ1n) is 5.97. The summed E-state index contributed by atoms with van der Waals surface area (Å²) in [6, 6.07) is 0. The maximum Gasteiger partial charge on any atom is 0.164 e. The van der Waals surface area contributed by atoms with E-state index in [1.54, 1.807) is 7.11 Å². The Kier molecular flexibility index (Phi) is 3.42. The second-order valence-corrected chi connectivity index (χ2v) is 4.65. The van der Waals surface area contributed by atoms with Crippen LogP contribution in [0.25, 0.3) is 0 Å². The Balaban J connectivity index is 1.76. The Bertz CT molecular complexity index is 222. The van der Waals surface area contributed by atoms with Gasteiger partial charge in [0.05, 0.1) is 6.10 Å². The average Bonchev–Trinajstić information content (AvgIpc) is 2.66. The van der Waals surface area contributed by atoms with Crippen molar-refractivity contribution in [3.63, 3.8) is 0 Å². The van der Waals surface area contributed by atoms with Crippen LogP contribution < -0.4 is 0 Å². The molecule has 2 fully saturated rings. The highest BCUT2D eigenvalue weighted by atomic mass is 16.5. The fraction of sp³-hybridized carbons (Fsp3) is 0.917. The molecule has 0 aromatic heterocycles. The number of hydrogen-bond donors (Lipinski definition) is 0. The molecule has 0 aromatic rings. The summed E-state index contributed by atoms with van der Waals surface area (Å²) in [6.45, 7) is 0.869. The van der Waals surface area contributed by atoms with E-state index in [9.17, 15) is 4.79 Å². The predicted octanol–water partition coefficient (Wildman–Crippen LogP) is 2.08. The number of hydrogen-bond acceptors (Lipinski definition) is 3. The van der Waals surface area contributed by atoms with E-state index in [1.807, 2.05) is 0 Å². The molecule has 1 atom stereocenters. The molecule has 2 rings (SSSR count). The zero-order valence-electron chi connectivity index (χ0n) is 9.46. The van der Waals surface area contributed by atoms with Crippen LogP contribution in [0.2, 0.25) is 0 Å². The minimum Gasteiger partial charge on any atom is -0.378 e. The van der Waals surface area contributed by atoms with Crippen molar-refractivity contribution in [2.45, 2.75) is 56.7 Å². The molecule has 1 aliphatic heterocycles. The second-order valence-electron chi connectivity index (χ2n) is 4.65. The Hall–Kier alpha value is -0.410. The number of ketones is 1. The van der Waals surface area contributed by atoms with Crippen LogP contribution in [-0.2, 0) is 14.3 Å². The molecule has 3 heteroatoms. The first-order valence-corrected chi connectivity index (χ1v) is 5.97. The monoisotopic (exact) mass is 212 g/mol. The number of ether oxygens (including phenoxy) is 2. The van der Waals surface area contributed by atoms with Crippen molar-refractivity contribution in [2.75, 3.05) is 13.7 Å². The Morgan fingerprint density at radius 2 is 2.27 bits per heavy atom. The van der Waals surface area contributed by atoms with E-state index < -0.39 is 5.60 Å². The van der Waals surface area contributed by atoms with Gasteiger partial charge in [0.25, 0.3) is 0 Å². The number of methoxy groups -OCH3 is 1. The van der Waals surface area contributed by atoms with Crippen LogP contribution in [0.4, 0.5) is 0 Å². The maximum atomic E-state index is 12.0. The van der Waals surface area contributed by atoms with Crippen LogP contribution in [-0.4, -0.2) is 31.2 Å². The predicted molar refractivity (Wildman–Crippen MR) is 56.8 cm³/mol. The van der Waals surface area contributed by atoms with Gasteiger partial charge in [-0.3, -0.25) is 4.79 Å². The van der Waals surface area contributed by atoms with E-state index in [0.29, 0.717) is 12.5 Å². The minimum atomic E-state index is -0.418.